The van der Waals surface area contributed by atoms with Crippen molar-refractivity contribution in [3.05, 3.63) is 35.9 Å². The predicted octanol–water partition coefficient (Wildman–Crippen LogP) is 1.39. The molecule has 1 aliphatic heterocycles. The molecule has 1 aliphatic rings. The molecule has 0 radical (unpaired) electrons. The van der Waals surface area contributed by atoms with Crippen LogP contribution in [0.4, 0.5) is 0 Å². The second-order valence-corrected chi connectivity index (χ2v) is 6.03. The second-order valence-electron chi connectivity index (χ2n) is 6.03. The number of benzene rings is 1. The Hall–Kier alpha value is -1.39. The number of hydrogen-bond acceptors (Lipinski definition) is 3. The normalized spacial score (nSPS) is 24.5. The van der Waals surface area contributed by atoms with Gasteiger partial charge in [0, 0.05) is 13.1 Å². The molecule has 0 aliphatic carbocycles. The maximum absolute atomic E-state index is 12.0. The van der Waals surface area contributed by atoms with E-state index in [0.29, 0.717) is 25.6 Å². The molecule has 2 N–H and O–H groups in total. The third-order valence-corrected chi connectivity index (χ3v) is 3.60. The van der Waals surface area contributed by atoms with Gasteiger partial charge in [-0.3, -0.25) is 9.69 Å². The zero-order valence-corrected chi connectivity index (χ0v) is 12.2. The summed E-state index contributed by atoms with van der Waals surface area (Å²) in [5.74, 6) is 0.457. The van der Waals surface area contributed by atoms with Crippen LogP contribution in [0, 0.1) is 5.92 Å². The van der Waals surface area contributed by atoms with E-state index in [1.807, 2.05) is 35.2 Å². The first-order chi connectivity index (χ1) is 9.54. The minimum absolute atomic E-state index is 0.00290. The Kier molecular flexibility index (Phi) is 5.15. The molecule has 0 bridgehead atoms. The molecule has 1 aromatic carbocycles. The van der Waals surface area contributed by atoms with Gasteiger partial charge in [0.25, 0.3) is 0 Å². The molecule has 1 amide bonds. The molecule has 0 aromatic heterocycles. The van der Waals surface area contributed by atoms with Crippen molar-refractivity contribution in [2.75, 3.05) is 13.1 Å². The van der Waals surface area contributed by atoms with Crippen molar-refractivity contribution in [2.45, 2.75) is 39.0 Å². The minimum Gasteiger partial charge on any atom is -0.390 e. The van der Waals surface area contributed by atoms with Crippen LogP contribution in [0.25, 0.3) is 0 Å². The zero-order valence-electron chi connectivity index (χ0n) is 12.2. The van der Waals surface area contributed by atoms with Gasteiger partial charge in [-0.05, 0) is 17.9 Å². The van der Waals surface area contributed by atoms with Crippen molar-refractivity contribution >= 4 is 5.91 Å². The average molecular weight is 276 g/mol. The average Bonchev–Trinajstić information content (AvgIpc) is 2.49. The fourth-order valence-electron chi connectivity index (χ4n) is 2.69. The maximum Gasteiger partial charge on any atom is 0.234 e. The molecule has 0 saturated carbocycles. The zero-order chi connectivity index (χ0) is 14.5. The summed E-state index contributed by atoms with van der Waals surface area (Å²) in [5.41, 5.74) is 1.16. The summed E-state index contributed by atoms with van der Waals surface area (Å²) in [6.45, 7) is 5.78. The van der Waals surface area contributed by atoms with Crippen LogP contribution < -0.4 is 5.32 Å². The lowest BCUT2D eigenvalue weighted by Crippen LogP contribution is -2.43. The van der Waals surface area contributed by atoms with E-state index in [0.717, 1.165) is 12.0 Å². The molecule has 1 saturated heterocycles. The third kappa shape index (κ3) is 4.32. The standard InChI is InChI=1S/C16H24N2O2/c1-12(2)8-14-15(19)10-18(11-16(20)17-14)9-13-6-4-3-5-7-13/h3-7,12,14-15,19H,8-11H2,1-2H3,(H,17,20). The third-order valence-electron chi connectivity index (χ3n) is 3.60. The van der Waals surface area contributed by atoms with Crippen LogP contribution in [0.2, 0.25) is 0 Å². The van der Waals surface area contributed by atoms with Crippen molar-refractivity contribution in [3.8, 4) is 0 Å². The second kappa shape index (κ2) is 6.86. The van der Waals surface area contributed by atoms with Crippen molar-refractivity contribution in [2.24, 2.45) is 5.92 Å². The van der Waals surface area contributed by atoms with E-state index < -0.39 is 6.10 Å². The molecule has 1 aromatic rings. The first-order valence-electron chi connectivity index (χ1n) is 7.28. The van der Waals surface area contributed by atoms with Gasteiger partial charge < -0.3 is 10.4 Å². The summed E-state index contributed by atoms with van der Waals surface area (Å²) >= 11 is 0. The molecule has 4 nitrogen and oxygen atoms in total. The molecular formula is C16H24N2O2. The number of carbonyl (C=O) groups excluding carboxylic acids is 1. The van der Waals surface area contributed by atoms with E-state index in [2.05, 4.69) is 19.2 Å². The van der Waals surface area contributed by atoms with Gasteiger partial charge in [-0.25, -0.2) is 0 Å². The summed E-state index contributed by atoms with van der Waals surface area (Å²) in [7, 11) is 0. The highest BCUT2D eigenvalue weighted by atomic mass is 16.3. The summed E-state index contributed by atoms with van der Waals surface area (Å²) in [6, 6.07) is 9.91. The first kappa shape index (κ1) is 15.0. The van der Waals surface area contributed by atoms with Crippen molar-refractivity contribution in [1.29, 1.82) is 0 Å². The molecule has 4 heteroatoms. The molecule has 0 spiro atoms. The number of β-amino-alcohol motifs (C(OH)–C–C–N with tert-alkyl or cyclic N) is 1. The lowest BCUT2D eigenvalue weighted by Gasteiger charge is -2.25. The SMILES string of the molecule is CC(C)CC1NC(=O)CN(Cc2ccccc2)CC1O. The van der Waals surface area contributed by atoms with Gasteiger partial charge in [0.1, 0.15) is 0 Å². The van der Waals surface area contributed by atoms with Crippen molar-refractivity contribution in [3.63, 3.8) is 0 Å². The molecule has 110 valence electrons. The highest BCUT2D eigenvalue weighted by Gasteiger charge is 2.29. The fourth-order valence-corrected chi connectivity index (χ4v) is 2.69. The monoisotopic (exact) mass is 276 g/mol. The Morgan fingerprint density at radius 3 is 2.70 bits per heavy atom. The lowest BCUT2D eigenvalue weighted by atomic mass is 9.99. The van der Waals surface area contributed by atoms with E-state index in [9.17, 15) is 9.90 Å². The van der Waals surface area contributed by atoms with Crippen molar-refractivity contribution < 1.29 is 9.90 Å². The van der Waals surface area contributed by atoms with Gasteiger partial charge in [-0.1, -0.05) is 44.2 Å². The Morgan fingerprint density at radius 2 is 2.05 bits per heavy atom. The largest absolute Gasteiger partial charge is 0.390 e. The number of nitrogens with zero attached hydrogens (tertiary/aromatic N) is 1. The lowest BCUT2D eigenvalue weighted by molar-refractivity contribution is -0.122. The van der Waals surface area contributed by atoms with Crippen LogP contribution in [0.1, 0.15) is 25.8 Å². The van der Waals surface area contributed by atoms with Crippen LogP contribution in [-0.2, 0) is 11.3 Å². The molecule has 1 heterocycles. The Morgan fingerprint density at radius 1 is 1.35 bits per heavy atom. The Labute approximate surface area is 120 Å². The van der Waals surface area contributed by atoms with E-state index >= 15 is 0 Å². The number of nitrogens with one attached hydrogen (secondary N) is 1. The van der Waals surface area contributed by atoms with Crippen LogP contribution in [-0.4, -0.2) is 41.1 Å². The number of carbonyl (C=O) groups is 1. The summed E-state index contributed by atoms with van der Waals surface area (Å²) in [4.78, 5) is 14.0. The van der Waals surface area contributed by atoms with Gasteiger partial charge in [-0.2, -0.15) is 0 Å². The van der Waals surface area contributed by atoms with Gasteiger partial charge in [0.15, 0.2) is 0 Å². The summed E-state index contributed by atoms with van der Waals surface area (Å²) in [5, 5.41) is 13.3. The molecule has 2 rings (SSSR count). The first-order valence-corrected chi connectivity index (χ1v) is 7.28. The number of aliphatic hydroxyl groups is 1. The van der Waals surface area contributed by atoms with Crippen LogP contribution in [0.3, 0.4) is 0 Å². The number of rotatable bonds is 4. The number of amides is 1. The van der Waals surface area contributed by atoms with Crippen LogP contribution in [0.15, 0.2) is 30.3 Å². The van der Waals surface area contributed by atoms with Crippen LogP contribution in [0.5, 0.6) is 0 Å². The van der Waals surface area contributed by atoms with E-state index in [-0.39, 0.29) is 11.9 Å². The molecule has 20 heavy (non-hydrogen) atoms. The molecule has 2 unspecified atom stereocenters. The van der Waals surface area contributed by atoms with Gasteiger partial charge in [0.2, 0.25) is 5.91 Å². The van der Waals surface area contributed by atoms with E-state index in [1.165, 1.54) is 0 Å². The van der Waals surface area contributed by atoms with E-state index in [1.54, 1.807) is 0 Å². The summed E-state index contributed by atoms with van der Waals surface area (Å²) < 4.78 is 0. The highest BCUT2D eigenvalue weighted by Crippen LogP contribution is 2.14. The summed E-state index contributed by atoms with van der Waals surface area (Å²) in [6.07, 6.45) is 0.305. The van der Waals surface area contributed by atoms with Gasteiger partial charge >= 0.3 is 0 Å². The Balaban J connectivity index is 2.00. The molecule has 2 atom stereocenters. The smallest absolute Gasteiger partial charge is 0.234 e. The van der Waals surface area contributed by atoms with E-state index in [4.69, 9.17) is 0 Å². The highest BCUT2D eigenvalue weighted by molar-refractivity contribution is 5.78. The topological polar surface area (TPSA) is 52.6 Å². The molecular weight excluding hydrogens is 252 g/mol. The fraction of sp³-hybridized carbons (Fsp3) is 0.562. The number of aliphatic hydroxyl groups excluding tert-OH is 1. The van der Waals surface area contributed by atoms with Gasteiger partial charge in [-0.15, -0.1) is 0 Å². The molecule has 1 fully saturated rings. The van der Waals surface area contributed by atoms with Crippen molar-refractivity contribution in [1.82, 2.24) is 10.2 Å². The predicted molar refractivity (Wildman–Crippen MR) is 79.1 cm³/mol. The minimum atomic E-state index is -0.507. The maximum atomic E-state index is 12.0. The number of hydrogen-bond donors (Lipinski definition) is 2. The van der Waals surface area contributed by atoms with Gasteiger partial charge in [0.05, 0.1) is 18.7 Å². The van der Waals surface area contributed by atoms with Crippen LogP contribution >= 0.6 is 0 Å². The quantitative estimate of drug-likeness (QED) is 0.874. The Bertz CT molecular complexity index is 433.